The molecule has 0 saturated heterocycles. The first kappa shape index (κ1) is 81.9. The fraction of sp³-hybridized carbons (Fsp3) is 0.760. The van der Waals surface area contributed by atoms with E-state index in [1.165, 1.54) is 167 Å². The number of rotatable bonds is 64. The lowest BCUT2D eigenvalue weighted by Gasteiger charge is -2.30. The summed E-state index contributed by atoms with van der Waals surface area (Å²) in [6.45, 7) is 6.74. The summed E-state index contributed by atoms with van der Waals surface area (Å²) in [7, 11) is 1.18. The van der Waals surface area contributed by atoms with Crippen LogP contribution in [0.5, 0.6) is 0 Å². The lowest BCUT2D eigenvalue weighted by Crippen LogP contribution is -2.47. The number of allylic oxidation sites excluding steroid dienone is 15. The van der Waals surface area contributed by atoms with Gasteiger partial charge in [0.2, 0.25) is 5.91 Å². The Bertz CT molecular complexity index is 1780. The molecule has 0 aliphatic heterocycles. The first-order valence-corrected chi connectivity index (χ1v) is 37.0. The summed E-state index contributed by atoms with van der Waals surface area (Å²) in [5.74, 6) is -0.548. The van der Waals surface area contributed by atoms with Crippen molar-refractivity contribution in [2.75, 3.05) is 40.9 Å². The Morgan fingerprint density at radius 3 is 1.14 bits per heavy atom. The van der Waals surface area contributed by atoms with E-state index in [2.05, 4.69) is 111 Å². The van der Waals surface area contributed by atoms with Crippen LogP contribution in [0.1, 0.15) is 316 Å². The number of esters is 1. The number of phosphoric ester groups is 1. The van der Waals surface area contributed by atoms with Crippen molar-refractivity contribution in [3.63, 3.8) is 0 Å². The van der Waals surface area contributed by atoms with Crippen LogP contribution in [0.25, 0.3) is 0 Å². The lowest BCUT2D eigenvalue weighted by atomic mass is 10.0. The van der Waals surface area contributed by atoms with E-state index in [1.54, 1.807) is 0 Å². The molecule has 492 valence electrons. The molecule has 1 amide bonds. The molecule has 0 radical (unpaired) electrons. The predicted octanol–water partition coefficient (Wildman–Crippen LogP) is 22.0. The Balaban J connectivity index is 5.13. The van der Waals surface area contributed by atoms with E-state index >= 15 is 0 Å². The van der Waals surface area contributed by atoms with E-state index in [9.17, 15) is 19.0 Å². The zero-order valence-electron chi connectivity index (χ0n) is 56.3. The zero-order chi connectivity index (χ0) is 62.1. The number of quaternary nitrogens is 1. The Morgan fingerprint density at radius 1 is 0.424 bits per heavy atom. The molecule has 0 heterocycles. The van der Waals surface area contributed by atoms with Gasteiger partial charge in [0.15, 0.2) is 0 Å². The molecule has 0 aromatic heterocycles. The van der Waals surface area contributed by atoms with Crippen molar-refractivity contribution in [1.29, 1.82) is 0 Å². The minimum atomic E-state index is -4.71. The number of amides is 1. The van der Waals surface area contributed by atoms with E-state index in [0.29, 0.717) is 17.4 Å². The number of likely N-dealkylation sites (N-methyl/N-ethyl adjacent to an activating group) is 1. The average molecular weight is 1210 g/mol. The van der Waals surface area contributed by atoms with Crippen molar-refractivity contribution in [2.24, 2.45) is 0 Å². The summed E-state index contributed by atoms with van der Waals surface area (Å²) in [6.07, 6.45) is 86.6. The summed E-state index contributed by atoms with van der Waals surface area (Å²) in [6, 6.07) is -0.899. The molecule has 0 aliphatic carbocycles. The summed E-state index contributed by atoms with van der Waals surface area (Å²) in [4.78, 5) is 40.2. The number of phosphoric acid groups is 1. The fourth-order valence-electron chi connectivity index (χ4n) is 10.1. The third-order valence-electron chi connectivity index (χ3n) is 15.5. The van der Waals surface area contributed by atoms with Crippen LogP contribution in [0.4, 0.5) is 0 Å². The van der Waals surface area contributed by atoms with Gasteiger partial charge in [0.25, 0.3) is 7.82 Å². The minimum absolute atomic E-state index is 0.0271. The highest BCUT2D eigenvalue weighted by Crippen LogP contribution is 2.38. The predicted molar refractivity (Wildman–Crippen MR) is 367 cm³/mol. The van der Waals surface area contributed by atoms with Gasteiger partial charge in [-0.2, -0.15) is 0 Å². The van der Waals surface area contributed by atoms with Crippen LogP contribution in [-0.4, -0.2) is 69.4 Å². The summed E-state index contributed by atoms with van der Waals surface area (Å²) in [5.41, 5.74) is 0. The van der Waals surface area contributed by atoms with Crippen molar-refractivity contribution in [3.05, 3.63) is 97.2 Å². The molecule has 0 bridgehead atoms. The molecule has 0 aliphatic rings. The molecular formula is C75H135N2O7P. The number of hydrogen-bond donors (Lipinski definition) is 1. The van der Waals surface area contributed by atoms with Gasteiger partial charge in [-0.15, -0.1) is 0 Å². The first-order chi connectivity index (χ1) is 41.4. The molecule has 0 saturated carbocycles. The smallest absolute Gasteiger partial charge is 0.306 e. The van der Waals surface area contributed by atoms with Gasteiger partial charge in [0.05, 0.1) is 33.8 Å². The van der Waals surface area contributed by atoms with E-state index in [1.807, 2.05) is 33.3 Å². The molecule has 0 aromatic rings. The van der Waals surface area contributed by atoms with E-state index in [0.717, 1.165) is 116 Å². The Morgan fingerprint density at radius 2 is 0.753 bits per heavy atom. The third-order valence-corrected chi connectivity index (χ3v) is 16.5. The van der Waals surface area contributed by atoms with Crippen LogP contribution < -0.4 is 10.2 Å². The highest BCUT2D eigenvalue weighted by Gasteiger charge is 2.27. The lowest BCUT2D eigenvalue weighted by molar-refractivity contribution is -0.870. The van der Waals surface area contributed by atoms with Crippen molar-refractivity contribution in [3.8, 4) is 0 Å². The number of nitrogens with one attached hydrogen (secondary N) is 1. The van der Waals surface area contributed by atoms with E-state index in [4.69, 9.17) is 13.8 Å². The normalized spacial score (nSPS) is 14.1. The van der Waals surface area contributed by atoms with Crippen molar-refractivity contribution in [1.82, 2.24) is 5.32 Å². The third kappa shape index (κ3) is 65.2. The summed E-state index contributed by atoms with van der Waals surface area (Å²) in [5, 5.41) is 3.04. The van der Waals surface area contributed by atoms with Gasteiger partial charge in [-0.25, -0.2) is 0 Å². The van der Waals surface area contributed by atoms with Gasteiger partial charge in [0.1, 0.15) is 19.3 Å². The molecule has 85 heavy (non-hydrogen) atoms. The second-order valence-electron chi connectivity index (χ2n) is 25.0. The van der Waals surface area contributed by atoms with Gasteiger partial charge in [-0.05, 0) is 109 Å². The van der Waals surface area contributed by atoms with Crippen LogP contribution >= 0.6 is 7.82 Å². The molecule has 3 atom stereocenters. The van der Waals surface area contributed by atoms with Gasteiger partial charge < -0.3 is 28.5 Å². The van der Waals surface area contributed by atoms with Gasteiger partial charge >= 0.3 is 5.97 Å². The number of carbonyl (C=O) groups excluding carboxylic acids is 2. The highest BCUT2D eigenvalue weighted by atomic mass is 31.2. The molecule has 9 nitrogen and oxygen atoms in total. The van der Waals surface area contributed by atoms with Crippen LogP contribution in [0.2, 0.25) is 0 Å². The molecule has 0 rings (SSSR count). The van der Waals surface area contributed by atoms with Crippen LogP contribution in [0.15, 0.2) is 97.2 Å². The maximum Gasteiger partial charge on any atom is 0.306 e. The minimum Gasteiger partial charge on any atom is -0.756 e. The fourth-order valence-corrected chi connectivity index (χ4v) is 10.8. The molecule has 10 heteroatoms. The molecular weight excluding hydrogens is 1070 g/mol. The average Bonchev–Trinajstić information content (AvgIpc) is 3.50. The van der Waals surface area contributed by atoms with E-state index in [-0.39, 0.29) is 24.9 Å². The van der Waals surface area contributed by atoms with Crippen LogP contribution in [0.3, 0.4) is 0 Å². The number of nitrogens with zero attached hydrogens (tertiary/aromatic N) is 1. The molecule has 3 unspecified atom stereocenters. The molecule has 0 spiro atoms. The van der Waals surface area contributed by atoms with Crippen LogP contribution in [0, 0.1) is 0 Å². The Labute approximate surface area is 526 Å². The number of unbranched alkanes of at least 4 members (excludes halogenated alkanes) is 34. The standard InChI is InChI=1S/C75H135N2O7P/c1-7-10-13-16-19-22-25-28-30-32-34-35-36-37-38-39-40-41-43-45-47-50-53-56-59-62-65-68-75(79)84-73(66-63-60-57-54-51-48-27-24-21-18-15-12-9-3)72(71-83-85(80,81)82-70-69-77(4,5)6)76-74(78)67-64-61-58-55-52-49-46-44-42-33-31-29-26-23-20-17-14-11-8-2/h10,13,19,22,28-31,34-35,37-38,40-41,63,66,72-73H,7-9,11-12,14-18,20-21,23-27,32-33,36,39,42-62,64-65,67-71H2,1-6H3,(H-,76,78,80,81)/b13-10-,22-19-,30-28-,31-29+,35-34-,38-37-,41-40-,66-63-. The van der Waals surface area contributed by atoms with Crippen molar-refractivity contribution < 1.29 is 37.3 Å². The van der Waals surface area contributed by atoms with Crippen molar-refractivity contribution >= 4 is 19.7 Å². The van der Waals surface area contributed by atoms with Gasteiger partial charge in [-0.3, -0.25) is 14.2 Å². The largest absolute Gasteiger partial charge is 0.756 e. The second kappa shape index (κ2) is 63.9. The first-order valence-electron chi connectivity index (χ1n) is 35.5. The molecule has 0 fully saturated rings. The quantitative estimate of drug-likeness (QED) is 0.0212. The molecule has 0 aromatic carbocycles. The number of ether oxygens (including phenoxy) is 1. The SMILES string of the molecule is CC/C=C\C/C=C\C/C=C\C/C=C\C/C=C\C/C=C\CCCCCCCCCCC(=O)OC(/C=C\CCCCCCCCCCCCC)C(COP(=O)([O-])OCC[N+](C)(C)C)NC(=O)CCCCCCCCCCC/C=C/CCCCCCCC. The second-order valence-corrected chi connectivity index (χ2v) is 26.4. The number of hydrogen-bond acceptors (Lipinski definition) is 7. The van der Waals surface area contributed by atoms with Gasteiger partial charge in [0, 0.05) is 12.8 Å². The van der Waals surface area contributed by atoms with Crippen LogP contribution in [-0.2, 0) is 27.9 Å². The Hall–Kier alpha value is -3.07. The van der Waals surface area contributed by atoms with Crippen molar-refractivity contribution in [2.45, 2.75) is 328 Å². The monoisotopic (exact) mass is 1210 g/mol. The molecule has 1 N–H and O–H groups in total. The summed E-state index contributed by atoms with van der Waals surface area (Å²) < 4.78 is 30.5. The highest BCUT2D eigenvalue weighted by molar-refractivity contribution is 7.45. The van der Waals surface area contributed by atoms with Gasteiger partial charge in [-0.1, -0.05) is 292 Å². The topological polar surface area (TPSA) is 114 Å². The number of carbonyl (C=O) groups is 2. The maximum absolute atomic E-state index is 13.6. The Kier molecular flexibility index (Phi) is 61.6. The van der Waals surface area contributed by atoms with E-state index < -0.39 is 26.6 Å². The maximum atomic E-state index is 13.6. The summed E-state index contributed by atoms with van der Waals surface area (Å²) >= 11 is 0. The zero-order valence-corrected chi connectivity index (χ0v) is 57.2.